The molecule has 0 spiro atoms. The number of anilines is 1. The molecule has 4 nitrogen and oxygen atoms in total. The highest BCUT2D eigenvalue weighted by atomic mass is 79.9. The van der Waals surface area contributed by atoms with Crippen molar-refractivity contribution >= 4 is 27.5 Å². The Morgan fingerprint density at radius 1 is 1.15 bits per heavy atom. The third-order valence-electron chi connectivity index (χ3n) is 3.00. The van der Waals surface area contributed by atoms with Crippen LogP contribution in [0.3, 0.4) is 0 Å². The van der Waals surface area contributed by atoms with Crippen molar-refractivity contribution in [2.75, 3.05) is 5.32 Å². The number of carbonyl (C=O) groups excluding carboxylic acids is 1. The number of hydrogen-bond donors (Lipinski definition) is 1. The molecule has 1 heterocycles. The van der Waals surface area contributed by atoms with Crippen LogP contribution in [0.25, 0.3) is 0 Å². The molecule has 1 aromatic carbocycles. The Kier molecular flexibility index (Phi) is 4.09. The van der Waals surface area contributed by atoms with Crippen LogP contribution in [0.5, 0.6) is 0 Å². The number of amides is 1. The van der Waals surface area contributed by atoms with Crippen LogP contribution in [0.4, 0.5) is 5.69 Å². The molecular formula is C15H14BrNO3. The minimum absolute atomic E-state index is 0.283. The summed E-state index contributed by atoms with van der Waals surface area (Å²) in [6.45, 7) is 5.23. The summed E-state index contributed by atoms with van der Waals surface area (Å²) in [6.07, 6.45) is 0. The first kappa shape index (κ1) is 14.5. The average molecular weight is 336 g/mol. The fourth-order valence-electron chi connectivity index (χ4n) is 2.05. The second-order valence-electron chi connectivity index (χ2n) is 4.59. The fourth-order valence-corrected chi connectivity index (χ4v) is 2.52. The zero-order chi connectivity index (χ0) is 14.9. The van der Waals surface area contributed by atoms with Gasteiger partial charge in [0.1, 0.15) is 5.76 Å². The maximum absolute atomic E-state index is 12.3. The number of carbonyl (C=O) groups is 1. The molecule has 1 amide bonds. The van der Waals surface area contributed by atoms with E-state index in [2.05, 4.69) is 21.2 Å². The summed E-state index contributed by atoms with van der Waals surface area (Å²) in [7, 11) is 0. The van der Waals surface area contributed by atoms with Crippen LogP contribution in [0.15, 0.2) is 37.9 Å². The maximum atomic E-state index is 12.3. The molecule has 0 radical (unpaired) electrons. The molecule has 0 unspecified atom stereocenters. The molecule has 1 aromatic heterocycles. The summed E-state index contributed by atoms with van der Waals surface area (Å²) >= 11 is 3.38. The van der Waals surface area contributed by atoms with E-state index in [1.54, 1.807) is 13.8 Å². The van der Waals surface area contributed by atoms with Gasteiger partial charge in [-0.15, -0.1) is 0 Å². The lowest BCUT2D eigenvalue weighted by Gasteiger charge is -2.11. The smallest absolute Gasteiger partial charge is 0.336 e. The molecule has 2 rings (SSSR count). The van der Waals surface area contributed by atoms with Gasteiger partial charge >= 0.3 is 5.63 Å². The van der Waals surface area contributed by atoms with Crippen molar-refractivity contribution < 1.29 is 9.21 Å². The van der Waals surface area contributed by atoms with Gasteiger partial charge < -0.3 is 9.73 Å². The number of benzene rings is 1. The zero-order valence-corrected chi connectivity index (χ0v) is 13.0. The van der Waals surface area contributed by atoms with Crippen molar-refractivity contribution in [3.63, 3.8) is 0 Å². The van der Waals surface area contributed by atoms with Gasteiger partial charge in [-0.25, -0.2) is 4.79 Å². The first-order chi connectivity index (χ1) is 9.38. The van der Waals surface area contributed by atoms with Gasteiger partial charge in [0.15, 0.2) is 0 Å². The second kappa shape index (κ2) is 5.63. The molecular weight excluding hydrogens is 322 g/mol. The fraction of sp³-hybridized carbons (Fsp3) is 0.200. The largest absolute Gasteiger partial charge is 0.427 e. The molecule has 0 aliphatic carbocycles. The molecule has 0 saturated heterocycles. The standard InChI is InChI=1S/C15H14BrNO3/c1-8-6-11(16)4-5-12(8)17-15(19)14-9(2)7-13(18)20-10(14)3/h4-7H,1-3H3,(H,17,19). The van der Waals surface area contributed by atoms with Crippen molar-refractivity contribution in [1.82, 2.24) is 0 Å². The van der Waals surface area contributed by atoms with Crippen LogP contribution in [-0.4, -0.2) is 5.91 Å². The number of rotatable bonds is 2. The lowest BCUT2D eigenvalue weighted by molar-refractivity contribution is 0.102. The Labute approximate surface area is 124 Å². The van der Waals surface area contributed by atoms with Gasteiger partial charge in [0, 0.05) is 16.2 Å². The lowest BCUT2D eigenvalue weighted by Crippen LogP contribution is -2.17. The van der Waals surface area contributed by atoms with Crippen molar-refractivity contribution in [2.45, 2.75) is 20.8 Å². The van der Waals surface area contributed by atoms with E-state index in [0.29, 0.717) is 16.9 Å². The molecule has 2 aromatic rings. The SMILES string of the molecule is Cc1cc(Br)ccc1NC(=O)c1c(C)cc(=O)oc1C. The summed E-state index contributed by atoms with van der Waals surface area (Å²) in [5.41, 5.74) is 2.22. The van der Waals surface area contributed by atoms with Gasteiger partial charge in [-0.2, -0.15) is 0 Å². The molecule has 104 valence electrons. The van der Waals surface area contributed by atoms with Gasteiger partial charge in [0.25, 0.3) is 5.91 Å². The first-order valence-electron chi connectivity index (χ1n) is 6.07. The van der Waals surface area contributed by atoms with E-state index in [9.17, 15) is 9.59 Å². The predicted molar refractivity (Wildman–Crippen MR) is 81.3 cm³/mol. The Morgan fingerprint density at radius 2 is 1.85 bits per heavy atom. The maximum Gasteiger partial charge on any atom is 0.336 e. The Bertz CT molecular complexity index is 708. The van der Waals surface area contributed by atoms with E-state index in [1.807, 2.05) is 25.1 Å². The van der Waals surface area contributed by atoms with Gasteiger partial charge in [0.2, 0.25) is 0 Å². The molecule has 5 heteroatoms. The minimum Gasteiger partial charge on any atom is -0.427 e. The summed E-state index contributed by atoms with van der Waals surface area (Å²) in [5.74, 6) is 0.0384. The third-order valence-corrected chi connectivity index (χ3v) is 3.49. The molecule has 0 aliphatic heterocycles. The molecule has 1 N–H and O–H groups in total. The number of halogens is 1. The molecule has 0 saturated carbocycles. The van der Waals surface area contributed by atoms with Gasteiger partial charge in [-0.05, 0) is 50.1 Å². The topological polar surface area (TPSA) is 59.3 Å². The summed E-state index contributed by atoms with van der Waals surface area (Å²) in [6, 6.07) is 6.91. The van der Waals surface area contributed by atoms with E-state index >= 15 is 0 Å². The van der Waals surface area contributed by atoms with Crippen molar-refractivity contribution in [2.24, 2.45) is 0 Å². The normalized spacial score (nSPS) is 10.4. The van der Waals surface area contributed by atoms with E-state index < -0.39 is 5.63 Å². The van der Waals surface area contributed by atoms with Crippen molar-refractivity contribution in [3.8, 4) is 0 Å². The first-order valence-corrected chi connectivity index (χ1v) is 6.86. The Balaban J connectivity index is 2.36. The van der Waals surface area contributed by atoms with Crippen LogP contribution < -0.4 is 10.9 Å². The van der Waals surface area contributed by atoms with E-state index in [-0.39, 0.29) is 5.91 Å². The summed E-state index contributed by atoms with van der Waals surface area (Å²) < 4.78 is 5.92. The van der Waals surface area contributed by atoms with E-state index in [4.69, 9.17) is 4.42 Å². The van der Waals surface area contributed by atoms with Crippen LogP contribution in [0.1, 0.15) is 27.2 Å². The molecule has 0 aliphatic rings. The average Bonchev–Trinajstić information content (AvgIpc) is 2.31. The molecule has 0 fully saturated rings. The minimum atomic E-state index is -0.448. The van der Waals surface area contributed by atoms with Crippen LogP contribution >= 0.6 is 15.9 Å². The molecule has 0 bridgehead atoms. The number of nitrogens with one attached hydrogen (secondary N) is 1. The van der Waals surface area contributed by atoms with Crippen molar-refractivity contribution in [3.05, 3.63) is 61.6 Å². The van der Waals surface area contributed by atoms with Crippen LogP contribution in [0, 0.1) is 20.8 Å². The highest BCUT2D eigenvalue weighted by Gasteiger charge is 2.16. The number of hydrogen-bond acceptors (Lipinski definition) is 3. The highest BCUT2D eigenvalue weighted by Crippen LogP contribution is 2.21. The van der Waals surface area contributed by atoms with Crippen molar-refractivity contribution in [1.29, 1.82) is 0 Å². The van der Waals surface area contributed by atoms with Crippen LogP contribution in [0.2, 0.25) is 0 Å². The molecule has 0 atom stereocenters. The van der Waals surface area contributed by atoms with Gasteiger partial charge in [-0.1, -0.05) is 15.9 Å². The molecule has 20 heavy (non-hydrogen) atoms. The quantitative estimate of drug-likeness (QED) is 0.912. The number of aryl methyl sites for hydroxylation is 3. The second-order valence-corrected chi connectivity index (χ2v) is 5.51. The van der Waals surface area contributed by atoms with Crippen LogP contribution in [-0.2, 0) is 0 Å². The van der Waals surface area contributed by atoms with Gasteiger partial charge in [0.05, 0.1) is 5.56 Å². The predicted octanol–water partition coefficient (Wildman–Crippen LogP) is 3.58. The van der Waals surface area contributed by atoms with E-state index in [1.165, 1.54) is 6.07 Å². The Hall–Kier alpha value is -1.88. The lowest BCUT2D eigenvalue weighted by atomic mass is 10.1. The monoisotopic (exact) mass is 335 g/mol. The Morgan fingerprint density at radius 3 is 2.45 bits per heavy atom. The highest BCUT2D eigenvalue weighted by molar-refractivity contribution is 9.10. The summed E-state index contributed by atoms with van der Waals surface area (Å²) in [5, 5.41) is 2.83. The van der Waals surface area contributed by atoms with E-state index in [0.717, 1.165) is 15.7 Å². The summed E-state index contributed by atoms with van der Waals surface area (Å²) in [4.78, 5) is 23.6. The third kappa shape index (κ3) is 2.99. The van der Waals surface area contributed by atoms with Gasteiger partial charge in [-0.3, -0.25) is 4.79 Å². The zero-order valence-electron chi connectivity index (χ0n) is 11.4.